The predicted molar refractivity (Wildman–Crippen MR) is 167 cm³/mol. The second-order valence-corrected chi connectivity index (χ2v) is 10.2. The van der Waals surface area contributed by atoms with Gasteiger partial charge in [-0.3, -0.25) is 14.4 Å². The zero-order valence-corrected chi connectivity index (χ0v) is 24.4. The SMILES string of the molecule is COc1ccc(NC(=O)CSc2ccc(NC(=O)/C(=C/c3ccccc3OC)NC(=O)c3ccccc3)cc2)cc1Cl. The number of benzene rings is 4. The number of rotatable bonds is 11. The van der Waals surface area contributed by atoms with Crippen molar-refractivity contribution in [1.82, 2.24) is 5.32 Å². The minimum atomic E-state index is -0.511. The van der Waals surface area contributed by atoms with Crippen LogP contribution in [0.2, 0.25) is 5.02 Å². The van der Waals surface area contributed by atoms with E-state index in [-0.39, 0.29) is 17.4 Å². The lowest BCUT2D eigenvalue weighted by atomic mass is 10.1. The van der Waals surface area contributed by atoms with Crippen LogP contribution in [0.5, 0.6) is 11.5 Å². The summed E-state index contributed by atoms with van der Waals surface area (Å²) in [7, 11) is 3.06. The molecule has 0 aliphatic heterocycles. The number of amides is 3. The second kappa shape index (κ2) is 14.8. The highest BCUT2D eigenvalue weighted by Crippen LogP contribution is 2.28. The quantitative estimate of drug-likeness (QED) is 0.134. The van der Waals surface area contributed by atoms with Gasteiger partial charge in [0.15, 0.2) is 0 Å². The van der Waals surface area contributed by atoms with Crippen LogP contribution >= 0.6 is 23.4 Å². The maximum absolute atomic E-state index is 13.3. The highest BCUT2D eigenvalue weighted by molar-refractivity contribution is 8.00. The molecule has 4 rings (SSSR count). The van der Waals surface area contributed by atoms with Crippen LogP contribution in [0.4, 0.5) is 11.4 Å². The molecule has 8 nitrogen and oxygen atoms in total. The minimum Gasteiger partial charge on any atom is -0.496 e. The number of methoxy groups -OCH3 is 2. The summed E-state index contributed by atoms with van der Waals surface area (Å²) in [6, 6.07) is 27.9. The zero-order chi connectivity index (χ0) is 29.9. The molecule has 214 valence electrons. The lowest BCUT2D eigenvalue weighted by Crippen LogP contribution is -2.30. The van der Waals surface area contributed by atoms with Crippen molar-refractivity contribution >= 4 is 58.5 Å². The van der Waals surface area contributed by atoms with E-state index in [9.17, 15) is 14.4 Å². The molecule has 0 heterocycles. The number of hydrogen-bond donors (Lipinski definition) is 3. The lowest BCUT2D eigenvalue weighted by molar-refractivity contribution is -0.114. The normalized spacial score (nSPS) is 10.9. The number of para-hydroxylation sites is 1. The van der Waals surface area contributed by atoms with E-state index in [0.29, 0.717) is 39.0 Å². The average Bonchev–Trinajstić information content (AvgIpc) is 3.01. The van der Waals surface area contributed by atoms with Crippen molar-refractivity contribution in [2.45, 2.75) is 4.90 Å². The third-order valence-electron chi connectivity index (χ3n) is 5.89. The van der Waals surface area contributed by atoms with E-state index in [1.165, 1.54) is 26.0 Å². The van der Waals surface area contributed by atoms with Gasteiger partial charge in [0.1, 0.15) is 17.2 Å². The summed E-state index contributed by atoms with van der Waals surface area (Å²) in [5, 5.41) is 8.75. The first-order valence-electron chi connectivity index (χ1n) is 12.7. The maximum Gasteiger partial charge on any atom is 0.272 e. The van der Waals surface area contributed by atoms with Crippen molar-refractivity contribution in [2.75, 3.05) is 30.6 Å². The Balaban J connectivity index is 1.41. The fourth-order valence-corrected chi connectivity index (χ4v) is 4.76. The number of carbonyl (C=O) groups excluding carboxylic acids is 3. The van der Waals surface area contributed by atoms with Gasteiger partial charge in [0.25, 0.3) is 11.8 Å². The Morgan fingerprint density at radius 3 is 2.14 bits per heavy atom. The van der Waals surface area contributed by atoms with Crippen LogP contribution in [-0.2, 0) is 9.59 Å². The fourth-order valence-electron chi connectivity index (χ4n) is 3.81. The summed E-state index contributed by atoms with van der Waals surface area (Å²) in [5.41, 5.74) is 2.17. The highest BCUT2D eigenvalue weighted by atomic mass is 35.5. The van der Waals surface area contributed by atoms with Gasteiger partial charge in [0.05, 0.1) is 25.0 Å². The molecule has 4 aromatic carbocycles. The Bertz CT molecular complexity index is 1590. The number of halogens is 1. The molecule has 0 atom stereocenters. The molecule has 0 fully saturated rings. The average molecular weight is 602 g/mol. The Morgan fingerprint density at radius 1 is 0.786 bits per heavy atom. The monoisotopic (exact) mass is 601 g/mol. The van der Waals surface area contributed by atoms with Crippen molar-refractivity contribution < 1.29 is 23.9 Å². The molecule has 0 radical (unpaired) electrons. The molecule has 0 aliphatic carbocycles. The van der Waals surface area contributed by atoms with Gasteiger partial charge in [-0.2, -0.15) is 0 Å². The molecular formula is C32H28ClN3O5S. The van der Waals surface area contributed by atoms with Gasteiger partial charge >= 0.3 is 0 Å². The first-order valence-corrected chi connectivity index (χ1v) is 14.1. The fraction of sp³-hybridized carbons (Fsp3) is 0.0938. The molecule has 0 aliphatic rings. The Labute approximate surface area is 253 Å². The van der Waals surface area contributed by atoms with Gasteiger partial charge in [0.2, 0.25) is 5.91 Å². The summed E-state index contributed by atoms with van der Waals surface area (Å²) in [4.78, 5) is 39.4. The number of nitrogens with one attached hydrogen (secondary N) is 3. The van der Waals surface area contributed by atoms with Gasteiger partial charge in [-0.05, 0) is 66.7 Å². The Hall–Kier alpha value is -4.73. The van der Waals surface area contributed by atoms with E-state index < -0.39 is 11.8 Å². The third kappa shape index (κ3) is 8.39. The van der Waals surface area contributed by atoms with Crippen molar-refractivity contribution in [2.24, 2.45) is 0 Å². The van der Waals surface area contributed by atoms with Crippen LogP contribution in [0.25, 0.3) is 6.08 Å². The van der Waals surface area contributed by atoms with Crippen LogP contribution in [0, 0.1) is 0 Å². The molecular weight excluding hydrogens is 574 g/mol. The van der Waals surface area contributed by atoms with Crippen molar-refractivity contribution in [3.63, 3.8) is 0 Å². The molecule has 0 spiro atoms. The van der Waals surface area contributed by atoms with Crippen molar-refractivity contribution in [3.05, 3.63) is 119 Å². The van der Waals surface area contributed by atoms with Crippen LogP contribution in [-0.4, -0.2) is 37.7 Å². The molecule has 4 aromatic rings. The lowest BCUT2D eigenvalue weighted by Gasteiger charge is -2.13. The molecule has 3 N–H and O–H groups in total. The van der Waals surface area contributed by atoms with Gasteiger partial charge in [-0.1, -0.05) is 48.0 Å². The zero-order valence-electron chi connectivity index (χ0n) is 22.8. The van der Waals surface area contributed by atoms with Gasteiger partial charge in [-0.25, -0.2) is 0 Å². The van der Waals surface area contributed by atoms with E-state index in [0.717, 1.165) is 4.90 Å². The Kier molecular flexibility index (Phi) is 10.6. The van der Waals surface area contributed by atoms with E-state index in [2.05, 4.69) is 16.0 Å². The highest BCUT2D eigenvalue weighted by Gasteiger charge is 2.16. The van der Waals surface area contributed by atoms with Crippen LogP contribution in [0.3, 0.4) is 0 Å². The molecule has 0 unspecified atom stereocenters. The van der Waals surface area contributed by atoms with E-state index >= 15 is 0 Å². The van der Waals surface area contributed by atoms with E-state index in [1.807, 2.05) is 12.1 Å². The molecule has 42 heavy (non-hydrogen) atoms. The summed E-state index contributed by atoms with van der Waals surface area (Å²) >= 11 is 7.46. The molecule has 0 bridgehead atoms. The predicted octanol–water partition coefficient (Wildman–Crippen LogP) is 6.50. The number of thioether (sulfide) groups is 1. The van der Waals surface area contributed by atoms with Gasteiger partial charge in [-0.15, -0.1) is 11.8 Å². The van der Waals surface area contributed by atoms with Crippen molar-refractivity contribution in [3.8, 4) is 11.5 Å². The number of ether oxygens (including phenoxy) is 2. The first kappa shape index (κ1) is 30.2. The topological polar surface area (TPSA) is 106 Å². The molecule has 0 saturated carbocycles. The largest absolute Gasteiger partial charge is 0.496 e. The van der Waals surface area contributed by atoms with Crippen LogP contribution in [0.1, 0.15) is 15.9 Å². The Morgan fingerprint density at radius 2 is 1.45 bits per heavy atom. The van der Waals surface area contributed by atoms with Gasteiger partial charge < -0.3 is 25.4 Å². The third-order valence-corrected chi connectivity index (χ3v) is 7.19. The molecule has 0 aromatic heterocycles. The maximum atomic E-state index is 13.3. The molecule has 10 heteroatoms. The van der Waals surface area contributed by atoms with Crippen LogP contribution < -0.4 is 25.4 Å². The van der Waals surface area contributed by atoms with E-state index in [1.54, 1.807) is 91.0 Å². The smallest absolute Gasteiger partial charge is 0.272 e. The summed E-state index contributed by atoms with van der Waals surface area (Å²) < 4.78 is 10.5. The summed E-state index contributed by atoms with van der Waals surface area (Å²) in [6.45, 7) is 0. The minimum absolute atomic E-state index is 0.0436. The summed E-state index contributed by atoms with van der Waals surface area (Å²) in [6.07, 6.45) is 1.56. The number of carbonyl (C=O) groups is 3. The second-order valence-electron chi connectivity index (χ2n) is 8.78. The number of hydrogen-bond acceptors (Lipinski definition) is 6. The van der Waals surface area contributed by atoms with E-state index in [4.69, 9.17) is 21.1 Å². The first-order chi connectivity index (χ1) is 20.4. The van der Waals surface area contributed by atoms with Crippen LogP contribution in [0.15, 0.2) is 108 Å². The standard InChI is InChI=1S/C32H28ClN3O5S/c1-40-28-11-7-6-10-22(28)18-27(36-31(38)21-8-4-3-5-9-21)32(39)35-23-12-15-25(16-13-23)42-20-30(37)34-24-14-17-29(41-2)26(33)19-24/h3-19H,20H2,1-2H3,(H,34,37)(H,35,39)(H,36,38)/b27-18-. The molecule has 0 saturated heterocycles. The van der Waals surface area contributed by atoms with Crippen molar-refractivity contribution in [1.29, 1.82) is 0 Å². The van der Waals surface area contributed by atoms with Gasteiger partial charge in [0, 0.05) is 27.4 Å². The number of anilines is 2. The molecule has 3 amide bonds. The summed E-state index contributed by atoms with van der Waals surface area (Å²) in [5.74, 6) is 0.123.